The Morgan fingerprint density at radius 3 is 2.65 bits per heavy atom. The predicted octanol–water partition coefficient (Wildman–Crippen LogP) is 4.89. The Kier molecular flexibility index (Phi) is 7.69. The first-order chi connectivity index (χ1) is 16.6. The van der Waals surface area contributed by atoms with Gasteiger partial charge in [-0.05, 0) is 61.0 Å². The van der Waals surface area contributed by atoms with Gasteiger partial charge in [-0.1, -0.05) is 30.0 Å². The molecule has 8 nitrogen and oxygen atoms in total. The lowest BCUT2D eigenvalue weighted by atomic mass is 10.2. The number of nitrogens with one attached hydrogen (secondary N) is 3. The third-order valence-corrected chi connectivity index (χ3v) is 6.05. The fraction of sp³-hybridized carbons (Fsp3) is 0.120. The van der Waals surface area contributed by atoms with Crippen molar-refractivity contribution < 1.29 is 14.8 Å². The summed E-state index contributed by atoms with van der Waals surface area (Å²) in [5.74, 6) is -0.694. The van der Waals surface area contributed by atoms with Crippen molar-refractivity contribution in [1.29, 1.82) is 0 Å². The highest BCUT2D eigenvalue weighted by molar-refractivity contribution is 7.99. The number of fused-ring (bicyclic) bond motifs is 1. The topological polar surface area (TPSA) is 120 Å². The van der Waals surface area contributed by atoms with E-state index < -0.39 is 5.91 Å². The van der Waals surface area contributed by atoms with Crippen molar-refractivity contribution in [2.24, 2.45) is 0 Å². The van der Waals surface area contributed by atoms with Crippen LogP contribution in [-0.4, -0.2) is 32.2 Å². The molecular weight excluding hydrogens is 450 g/mol. The summed E-state index contributed by atoms with van der Waals surface area (Å²) in [5.41, 5.74) is 4.87. The Morgan fingerprint density at radius 2 is 1.82 bits per heavy atom. The molecule has 4 rings (SSSR count). The molecule has 4 N–H and O–H groups in total. The SMILES string of the molecule is O=C(CCCC(=O)Nc1ccccc1Sc1ccc2c(/C=C/c3ccccn3)n[nH]c2c1)NO. The van der Waals surface area contributed by atoms with Gasteiger partial charge >= 0.3 is 0 Å². The molecule has 0 saturated carbocycles. The molecule has 34 heavy (non-hydrogen) atoms. The quantitative estimate of drug-likeness (QED) is 0.203. The van der Waals surface area contributed by atoms with Gasteiger partial charge < -0.3 is 5.32 Å². The van der Waals surface area contributed by atoms with Crippen LogP contribution in [0.25, 0.3) is 23.1 Å². The highest BCUT2D eigenvalue weighted by Crippen LogP contribution is 2.35. The van der Waals surface area contributed by atoms with Crippen molar-refractivity contribution in [2.75, 3.05) is 5.32 Å². The smallest absolute Gasteiger partial charge is 0.243 e. The minimum absolute atomic E-state index is 0.0869. The van der Waals surface area contributed by atoms with Crippen molar-refractivity contribution in [3.05, 3.63) is 78.2 Å². The molecule has 0 atom stereocenters. The lowest BCUT2D eigenvalue weighted by Gasteiger charge is -2.11. The van der Waals surface area contributed by atoms with Crippen molar-refractivity contribution in [1.82, 2.24) is 20.7 Å². The van der Waals surface area contributed by atoms with Gasteiger partial charge in [0.25, 0.3) is 0 Å². The Balaban J connectivity index is 1.44. The van der Waals surface area contributed by atoms with E-state index in [2.05, 4.69) is 20.5 Å². The fourth-order valence-corrected chi connectivity index (χ4v) is 4.26. The molecule has 0 fully saturated rings. The largest absolute Gasteiger partial charge is 0.325 e. The van der Waals surface area contributed by atoms with E-state index in [-0.39, 0.29) is 18.7 Å². The summed E-state index contributed by atoms with van der Waals surface area (Å²) in [6.45, 7) is 0. The number of anilines is 1. The number of rotatable bonds is 9. The number of benzene rings is 2. The number of H-pyrrole nitrogens is 1. The maximum atomic E-state index is 12.3. The number of carbonyl (C=O) groups excluding carboxylic acids is 2. The first-order valence-corrected chi connectivity index (χ1v) is 11.5. The second kappa shape index (κ2) is 11.3. The number of aromatic amines is 1. The average molecular weight is 474 g/mol. The molecule has 0 unspecified atom stereocenters. The van der Waals surface area contributed by atoms with Crippen LogP contribution in [0.2, 0.25) is 0 Å². The number of hydroxylamine groups is 1. The first-order valence-electron chi connectivity index (χ1n) is 10.7. The lowest BCUT2D eigenvalue weighted by molar-refractivity contribution is -0.129. The van der Waals surface area contributed by atoms with Crippen LogP contribution in [0.3, 0.4) is 0 Å². The van der Waals surface area contributed by atoms with E-state index in [0.29, 0.717) is 12.1 Å². The number of hydrogen-bond donors (Lipinski definition) is 4. The molecule has 9 heteroatoms. The number of amides is 2. The molecule has 0 aliphatic carbocycles. The first kappa shape index (κ1) is 23.2. The highest BCUT2D eigenvalue weighted by Gasteiger charge is 2.11. The Morgan fingerprint density at radius 1 is 1.00 bits per heavy atom. The molecule has 0 bridgehead atoms. The van der Waals surface area contributed by atoms with Gasteiger partial charge in [-0.2, -0.15) is 5.10 Å². The van der Waals surface area contributed by atoms with E-state index in [0.717, 1.165) is 32.1 Å². The molecule has 0 aliphatic rings. The van der Waals surface area contributed by atoms with Crippen LogP contribution < -0.4 is 10.8 Å². The number of pyridine rings is 1. The fourth-order valence-electron chi connectivity index (χ4n) is 3.31. The second-order valence-electron chi connectivity index (χ2n) is 7.44. The summed E-state index contributed by atoms with van der Waals surface area (Å²) >= 11 is 1.54. The molecule has 2 aromatic carbocycles. The minimum Gasteiger partial charge on any atom is -0.325 e. The normalized spacial score (nSPS) is 11.1. The van der Waals surface area contributed by atoms with E-state index in [1.807, 2.05) is 72.8 Å². The molecule has 2 heterocycles. The number of aromatic nitrogens is 3. The van der Waals surface area contributed by atoms with E-state index in [1.165, 1.54) is 11.8 Å². The molecule has 0 radical (unpaired) electrons. The van der Waals surface area contributed by atoms with E-state index in [9.17, 15) is 9.59 Å². The summed E-state index contributed by atoms with van der Waals surface area (Å²) in [6, 6.07) is 19.4. The van der Waals surface area contributed by atoms with Gasteiger partial charge in [0.1, 0.15) is 0 Å². The van der Waals surface area contributed by atoms with Crippen LogP contribution in [0.15, 0.2) is 76.7 Å². The maximum Gasteiger partial charge on any atom is 0.243 e. The number of carbonyl (C=O) groups is 2. The van der Waals surface area contributed by atoms with Gasteiger partial charge in [0.05, 0.1) is 22.6 Å². The molecule has 2 aromatic heterocycles. The molecule has 0 saturated heterocycles. The molecular formula is C25H23N5O3S. The third kappa shape index (κ3) is 6.09. The van der Waals surface area contributed by atoms with Crippen molar-refractivity contribution in [2.45, 2.75) is 29.1 Å². The number of nitrogens with zero attached hydrogens (tertiary/aromatic N) is 2. The molecule has 2 amide bonds. The molecule has 172 valence electrons. The summed E-state index contributed by atoms with van der Waals surface area (Å²) < 4.78 is 0. The third-order valence-electron chi connectivity index (χ3n) is 4.98. The minimum atomic E-state index is -0.506. The Labute approximate surface area is 200 Å². The second-order valence-corrected chi connectivity index (χ2v) is 8.55. The van der Waals surface area contributed by atoms with Gasteiger partial charge in [-0.3, -0.25) is 24.9 Å². The highest BCUT2D eigenvalue weighted by atomic mass is 32.2. The van der Waals surface area contributed by atoms with Gasteiger partial charge in [0.2, 0.25) is 11.8 Å². The van der Waals surface area contributed by atoms with Crippen molar-refractivity contribution >= 4 is 52.3 Å². The van der Waals surface area contributed by atoms with E-state index in [4.69, 9.17) is 5.21 Å². The van der Waals surface area contributed by atoms with E-state index >= 15 is 0 Å². The van der Waals surface area contributed by atoms with Crippen molar-refractivity contribution in [3.63, 3.8) is 0 Å². The number of para-hydroxylation sites is 1. The van der Waals surface area contributed by atoms with Crippen LogP contribution in [0.1, 0.15) is 30.7 Å². The zero-order valence-electron chi connectivity index (χ0n) is 18.2. The molecule has 0 aliphatic heterocycles. The summed E-state index contributed by atoms with van der Waals surface area (Å²) in [7, 11) is 0. The molecule has 0 spiro atoms. The number of hydrogen-bond acceptors (Lipinski definition) is 6. The average Bonchev–Trinajstić information content (AvgIpc) is 3.26. The van der Waals surface area contributed by atoms with Crippen LogP contribution in [-0.2, 0) is 9.59 Å². The van der Waals surface area contributed by atoms with Gasteiger partial charge in [-0.25, -0.2) is 5.48 Å². The van der Waals surface area contributed by atoms with Crippen LogP contribution in [0.5, 0.6) is 0 Å². The van der Waals surface area contributed by atoms with Crippen LogP contribution in [0, 0.1) is 0 Å². The zero-order chi connectivity index (χ0) is 23.8. The Hall–Kier alpha value is -3.95. The van der Waals surface area contributed by atoms with Crippen LogP contribution in [0.4, 0.5) is 5.69 Å². The maximum absolute atomic E-state index is 12.3. The standard InChI is InChI=1S/C25H23N5O3S/c31-24(9-5-10-25(32)30-33)27-21-7-1-2-8-23(21)34-18-12-13-19-20(28-29-22(19)16-18)14-11-17-6-3-4-15-26-17/h1-4,6-8,11-16,33H,5,9-10H2,(H,27,31)(H,28,29)(H,30,32)/b14-11+. The zero-order valence-corrected chi connectivity index (χ0v) is 19.0. The molecule has 4 aromatic rings. The summed E-state index contributed by atoms with van der Waals surface area (Å²) in [4.78, 5) is 29.6. The monoisotopic (exact) mass is 473 g/mol. The lowest BCUT2D eigenvalue weighted by Crippen LogP contribution is -2.19. The summed E-state index contributed by atoms with van der Waals surface area (Å²) in [6.07, 6.45) is 6.23. The van der Waals surface area contributed by atoms with Gasteiger partial charge in [0.15, 0.2) is 0 Å². The van der Waals surface area contributed by atoms with Crippen LogP contribution >= 0.6 is 11.8 Å². The van der Waals surface area contributed by atoms with Gasteiger partial charge in [0, 0.05) is 34.2 Å². The predicted molar refractivity (Wildman–Crippen MR) is 132 cm³/mol. The summed E-state index contributed by atoms with van der Waals surface area (Å²) in [5, 5.41) is 19.9. The van der Waals surface area contributed by atoms with Crippen molar-refractivity contribution in [3.8, 4) is 0 Å². The van der Waals surface area contributed by atoms with Gasteiger partial charge in [-0.15, -0.1) is 0 Å². The Bertz CT molecular complexity index is 1320. The van der Waals surface area contributed by atoms with E-state index in [1.54, 1.807) is 11.7 Å².